The average Bonchev–Trinajstić information content (AvgIpc) is 2.36. The normalized spacial score (nSPS) is 12.2. The van der Waals surface area contributed by atoms with Gasteiger partial charge in [0, 0.05) is 11.3 Å². The second-order valence-corrected chi connectivity index (χ2v) is 5.97. The number of thioether (sulfide) groups is 1. The van der Waals surface area contributed by atoms with Gasteiger partial charge in [-0.2, -0.15) is 0 Å². The maximum Gasteiger partial charge on any atom is 0.305 e. The summed E-state index contributed by atoms with van der Waals surface area (Å²) >= 11 is 1.62. The number of carboxylic acids is 1. The van der Waals surface area contributed by atoms with Gasteiger partial charge in [0.15, 0.2) is 0 Å². The lowest BCUT2D eigenvalue weighted by Crippen LogP contribution is -2.30. The zero-order chi connectivity index (χ0) is 15.1. The van der Waals surface area contributed by atoms with Crippen molar-refractivity contribution in [2.75, 3.05) is 6.26 Å². The molecule has 0 bridgehead atoms. The molecule has 1 unspecified atom stereocenters. The molecule has 0 radical (unpaired) electrons. The molecule has 2 N–H and O–H groups in total. The Morgan fingerprint density at radius 2 is 1.80 bits per heavy atom. The van der Waals surface area contributed by atoms with Crippen LogP contribution in [0.3, 0.4) is 0 Å². The van der Waals surface area contributed by atoms with E-state index in [-0.39, 0.29) is 18.2 Å². The fraction of sp³-hybridized carbons (Fsp3) is 0.467. The van der Waals surface area contributed by atoms with E-state index in [2.05, 4.69) is 5.32 Å². The van der Waals surface area contributed by atoms with E-state index in [0.29, 0.717) is 6.42 Å². The van der Waals surface area contributed by atoms with Crippen molar-refractivity contribution in [2.45, 2.75) is 37.6 Å². The highest BCUT2D eigenvalue weighted by Gasteiger charge is 2.18. The first-order valence-corrected chi connectivity index (χ1v) is 7.80. The maximum atomic E-state index is 11.8. The van der Waals surface area contributed by atoms with Gasteiger partial charge in [0.1, 0.15) is 0 Å². The van der Waals surface area contributed by atoms with Gasteiger partial charge in [0.2, 0.25) is 5.91 Å². The van der Waals surface area contributed by atoms with E-state index in [1.165, 1.54) is 0 Å². The van der Waals surface area contributed by atoms with Crippen LogP contribution in [0.15, 0.2) is 29.2 Å². The predicted octanol–water partition coefficient (Wildman–Crippen LogP) is 3.09. The van der Waals surface area contributed by atoms with E-state index in [9.17, 15) is 9.59 Å². The molecular formula is C15H21NO3S. The van der Waals surface area contributed by atoms with Crippen molar-refractivity contribution < 1.29 is 14.7 Å². The molecule has 0 saturated carbocycles. The SMILES string of the molecule is CSc1ccc(C(CC(=O)O)NC(=O)CC(C)C)cc1. The number of carboxylic acid groups (broad SMARTS) is 1. The van der Waals surface area contributed by atoms with Crippen LogP contribution in [-0.2, 0) is 9.59 Å². The van der Waals surface area contributed by atoms with Gasteiger partial charge >= 0.3 is 5.97 Å². The van der Waals surface area contributed by atoms with Gasteiger partial charge in [-0.25, -0.2) is 0 Å². The third kappa shape index (κ3) is 5.65. The van der Waals surface area contributed by atoms with Crippen LogP contribution < -0.4 is 5.32 Å². The third-order valence-corrected chi connectivity index (χ3v) is 3.57. The monoisotopic (exact) mass is 295 g/mol. The topological polar surface area (TPSA) is 66.4 Å². The zero-order valence-electron chi connectivity index (χ0n) is 12.1. The van der Waals surface area contributed by atoms with Crippen LogP contribution in [0.5, 0.6) is 0 Å². The Bertz CT molecular complexity index is 457. The van der Waals surface area contributed by atoms with Gasteiger partial charge in [0.25, 0.3) is 0 Å². The second-order valence-electron chi connectivity index (χ2n) is 5.09. The lowest BCUT2D eigenvalue weighted by molar-refractivity contribution is -0.137. The molecule has 110 valence electrons. The molecule has 0 fully saturated rings. The molecule has 0 heterocycles. The standard InChI is InChI=1S/C15H21NO3S/c1-10(2)8-14(17)16-13(9-15(18)19)11-4-6-12(20-3)7-5-11/h4-7,10,13H,8-9H2,1-3H3,(H,16,17)(H,18,19). The van der Waals surface area contributed by atoms with Crippen LogP contribution in [0.4, 0.5) is 0 Å². The molecule has 20 heavy (non-hydrogen) atoms. The number of rotatable bonds is 7. The molecule has 1 rings (SSSR count). The Kier molecular flexibility index (Phi) is 6.58. The number of nitrogens with one attached hydrogen (secondary N) is 1. The molecule has 1 aromatic rings. The minimum Gasteiger partial charge on any atom is -0.481 e. The number of hydrogen-bond donors (Lipinski definition) is 2. The van der Waals surface area contributed by atoms with E-state index in [4.69, 9.17) is 5.11 Å². The maximum absolute atomic E-state index is 11.8. The van der Waals surface area contributed by atoms with Gasteiger partial charge in [0.05, 0.1) is 12.5 Å². The summed E-state index contributed by atoms with van der Waals surface area (Å²) in [5.41, 5.74) is 0.822. The number of carbonyl (C=O) groups is 2. The highest BCUT2D eigenvalue weighted by molar-refractivity contribution is 7.98. The van der Waals surface area contributed by atoms with Gasteiger partial charge in [-0.05, 0) is 29.9 Å². The Hall–Kier alpha value is -1.49. The lowest BCUT2D eigenvalue weighted by atomic mass is 10.0. The van der Waals surface area contributed by atoms with Crippen LogP contribution in [0.1, 0.15) is 38.3 Å². The molecule has 1 aromatic carbocycles. The van der Waals surface area contributed by atoms with Crippen molar-refractivity contribution in [2.24, 2.45) is 5.92 Å². The number of hydrogen-bond acceptors (Lipinski definition) is 3. The molecule has 4 nitrogen and oxygen atoms in total. The lowest BCUT2D eigenvalue weighted by Gasteiger charge is -2.18. The Morgan fingerprint density at radius 1 is 1.20 bits per heavy atom. The van der Waals surface area contributed by atoms with Gasteiger partial charge < -0.3 is 10.4 Å². The largest absolute Gasteiger partial charge is 0.481 e. The summed E-state index contributed by atoms with van der Waals surface area (Å²) in [5, 5.41) is 11.8. The quantitative estimate of drug-likeness (QED) is 0.759. The summed E-state index contributed by atoms with van der Waals surface area (Å²) in [6.07, 6.45) is 2.27. The van der Waals surface area contributed by atoms with E-state index in [0.717, 1.165) is 10.5 Å². The highest BCUT2D eigenvalue weighted by atomic mass is 32.2. The Balaban J connectivity index is 2.81. The molecule has 0 spiro atoms. The summed E-state index contributed by atoms with van der Waals surface area (Å²) in [6, 6.07) is 7.13. The predicted molar refractivity (Wildman–Crippen MR) is 80.8 cm³/mol. The minimum absolute atomic E-state index is 0.109. The van der Waals surface area contributed by atoms with Crippen molar-refractivity contribution in [3.05, 3.63) is 29.8 Å². The van der Waals surface area contributed by atoms with Crippen molar-refractivity contribution in [3.63, 3.8) is 0 Å². The Morgan fingerprint density at radius 3 is 2.25 bits per heavy atom. The number of amides is 1. The van der Waals surface area contributed by atoms with Crippen LogP contribution in [0.25, 0.3) is 0 Å². The van der Waals surface area contributed by atoms with E-state index >= 15 is 0 Å². The van der Waals surface area contributed by atoms with Crippen molar-refractivity contribution >= 4 is 23.6 Å². The van der Waals surface area contributed by atoms with Crippen LogP contribution in [0, 0.1) is 5.92 Å². The molecule has 1 atom stereocenters. The van der Waals surface area contributed by atoms with Crippen molar-refractivity contribution in [1.82, 2.24) is 5.32 Å². The molecular weight excluding hydrogens is 274 g/mol. The molecule has 0 saturated heterocycles. The van der Waals surface area contributed by atoms with E-state index in [1.54, 1.807) is 11.8 Å². The molecule has 5 heteroatoms. The smallest absolute Gasteiger partial charge is 0.305 e. The number of carbonyl (C=O) groups excluding carboxylic acids is 1. The molecule has 0 aromatic heterocycles. The van der Waals surface area contributed by atoms with Crippen LogP contribution >= 0.6 is 11.8 Å². The minimum atomic E-state index is -0.922. The summed E-state index contributed by atoms with van der Waals surface area (Å²) in [5.74, 6) is -0.784. The van der Waals surface area contributed by atoms with E-state index in [1.807, 2.05) is 44.4 Å². The first-order chi connectivity index (χ1) is 9.42. The number of benzene rings is 1. The fourth-order valence-corrected chi connectivity index (χ4v) is 2.30. The zero-order valence-corrected chi connectivity index (χ0v) is 12.9. The van der Waals surface area contributed by atoms with Gasteiger partial charge in [-0.15, -0.1) is 11.8 Å². The van der Waals surface area contributed by atoms with E-state index < -0.39 is 12.0 Å². The first kappa shape index (κ1) is 16.6. The Labute approximate surface area is 124 Å². The third-order valence-electron chi connectivity index (χ3n) is 2.83. The summed E-state index contributed by atoms with van der Waals surface area (Å²) < 4.78 is 0. The summed E-state index contributed by atoms with van der Waals surface area (Å²) in [7, 11) is 0. The molecule has 0 aliphatic heterocycles. The molecule has 0 aliphatic carbocycles. The molecule has 1 amide bonds. The second kappa shape index (κ2) is 7.94. The van der Waals surface area contributed by atoms with Gasteiger partial charge in [-0.1, -0.05) is 26.0 Å². The highest BCUT2D eigenvalue weighted by Crippen LogP contribution is 2.21. The fourth-order valence-electron chi connectivity index (χ4n) is 1.89. The van der Waals surface area contributed by atoms with Crippen LogP contribution in [-0.4, -0.2) is 23.2 Å². The summed E-state index contributed by atoms with van der Waals surface area (Å²) in [4.78, 5) is 23.9. The summed E-state index contributed by atoms with van der Waals surface area (Å²) in [6.45, 7) is 3.91. The average molecular weight is 295 g/mol. The van der Waals surface area contributed by atoms with Crippen LogP contribution in [0.2, 0.25) is 0 Å². The first-order valence-electron chi connectivity index (χ1n) is 6.57. The van der Waals surface area contributed by atoms with Crippen molar-refractivity contribution in [3.8, 4) is 0 Å². The molecule has 0 aliphatic rings. The number of aliphatic carboxylic acids is 1. The van der Waals surface area contributed by atoms with Crippen molar-refractivity contribution in [1.29, 1.82) is 0 Å². The van der Waals surface area contributed by atoms with Gasteiger partial charge in [-0.3, -0.25) is 9.59 Å².